The molecule has 1 aliphatic rings. The monoisotopic (exact) mass is 478 g/mol. The first-order valence-corrected chi connectivity index (χ1v) is 11.8. The van der Waals surface area contributed by atoms with E-state index in [4.69, 9.17) is 28.6 Å². The molecule has 164 valence electrons. The standard InChI is InChI=1S/C21H23ClN4O3S2/c1-16(13-17-5-3-2-4-6-17)15-23-25-21(30)24-20-14-18(7-8-19(20)22)31(27,28)26-9-11-29-12-10-26/h2-8,13-15H,9-12H2,1H3,(H2,24,25,30)/b16-13+,23-15-. The van der Waals surface area contributed by atoms with Crippen molar-refractivity contribution in [2.24, 2.45) is 5.10 Å². The van der Waals surface area contributed by atoms with Crippen molar-refractivity contribution in [3.63, 3.8) is 0 Å². The third-order valence-corrected chi connectivity index (χ3v) is 6.84. The predicted molar refractivity (Wildman–Crippen MR) is 129 cm³/mol. The lowest BCUT2D eigenvalue weighted by atomic mass is 10.1. The molecule has 0 unspecified atom stereocenters. The highest BCUT2D eigenvalue weighted by Crippen LogP contribution is 2.27. The zero-order valence-electron chi connectivity index (χ0n) is 16.9. The fourth-order valence-electron chi connectivity index (χ4n) is 2.89. The number of nitrogens with zero attached hydrogens (tertiary/aromatic N) is 2. The van der Waals surface area contributed by atoms with Crippen molar-refractivity contribution in [1.82, 2.24) is 9.73 Å². The lowest BCUT2D eigenvalue weighted by molar-refractivity contribution is 0.0730. The molecule has 2 aromatic rings. The molecule has 1 aliphatic heterocycles. The predicted octanol–water partition coefficient (Wildman–Crippen LogP) is 3.74. The van der Waals surface area contributed by atoms with Crippen LogP contribution in [0.4, 0.5) is 5.69 Å². The summed E-state index contributed by atoms with van der Waals surface area (Å²) in [5, 5.41) is 7.53. The molecule has 7 nitrogen and oxygen atoms in total. The van der Waals surface area contributed by atoms with Gasteiger partial charge in [-0.05, 0) is 48.5 Å². The summed E-state index contributed by atoms with van der Waals surface area (Å²) >= 11 is 11.5. The van der Waals surface area contributed by atoms with E-state index >= 15 is 0 Å². The second kappa shape index (κ2) is 10.8. The van der Waals surface area contributed by atoms with Crippen molar-refractivity contribution < 1.29 is 13.2 Å². The van der Waals surface area contributed by atoms with E-state index in [0.717, 1.165) is 11.1 Å². The molecule has 10 heteroatoms. The van der Waals surface area contributed by atoms with Gasteiger partial charge in [-0.25, -0.2) is 8.42 Å². The number of allylic oxidation sites excluding steroid dienone is 1. The lowest BCUT2D eigenvalue weighted by Crippen LogP contribution is -2.40. The molecule has 0 aromatic heterocycles. The van der Waals surface area contributed by atoms with Crippen LogP contribution in [0, 0.1) is 0 Å². The number of rotatable bonds is 6. The largest absolute Gasteiger partial charge is 0.379 e. The van der Waals surface area contributed by atoms with Crippen LogP contribution >= 0.6 is 23.8 Å². The van der Waals surface area contributed by atoms with Crippen LogP contribution in [-0.2, 0) is 14.8 Å². The topological polar surface area (TPSA) is 83.0 Å². The Kier molecular flexibility index (Phi) is 8.16. The highest BCUT2D eigenvalue weighted by molar-refractivity contribution is 7.89. The summed E-state index contributed by atoms with van der Waals surface area (Å²) in [5.41, 5.74) is 5.08. The Hall–Kier alpha value is -2.30. The lowest BCUT2D eigenvalue weighted by Gasteiger charge is -2.26. The molecule has 31 heavy (non-hydrogen) atoms. The van der Waals surface area contributed by atoms with Crippen LogP contribution in [-0.4, -0.2) is 50.4 Å². The number of hydrazone groups is 1. The Labute approximate surface area is 192 Å². The molecule has 0 bridgehead atoms. The maximum Gasteiger partial charge on any atom is 0.243 e. The maximum absolute atomic E-state index is 12.9. The van der Waals surface area contributed by atoms with E-state index < -0.39 is 10.0 Å². The Bertz CT molecular complexity index is 1080. The Balaban J connectivity index is 1.64. The zero-order valence-corrected chi connectivity index (χ0v) is 19.3. The van der Waals surface area contributed by atoms with E-state index in [0.29, 0.717) is 37.0 Å². The van der Waals surface area contributed by atoms with Gasteiger partial charge in [-0.1, -0.05) is 48.0 Å². The second-order valence-electron chi connectivity index (χ2n) is 6.78. The van der Waals surface area contributed by atoms with Crippen molar-refractivity contribution in [2.45, 2.75) is 11.8 Å². The summed E-state index contributed by atoms with van der Waals surface area (Å²) in [7, 11) is -3.64. The van der Waals surface area contributed by atoms with Crippen LogP contribution in [0.5, 0.6) is 0 Å². The van der Waals surface area contributed by atoms with Gasteiger partial charge in [0, 0.05) is 13.1 Å². The van der Waals surface area contributed by atoms with Crippen LogP contribution in [0.2, 0.25) is 5.02 Å². The molecule has 0 saturated carbocycles. The molecule has 3 rings (SSSR count). The first kappa shape index (κ1) is 23.4. The molecular weight excluding hydrogens is 456 g/mol. The summed E-state index contributed by atoms with van der Waals surface area (Å²) in [6.07, 6.45) is 3.63. The first-order valence-electron chi connectivity index (χ1n) is 9.57. The average molecular weight is 479 g/mol. The number of anilines is 1. The number of ether oxygens (including phenoxy) is 1. The van der Waals surface area contributed by atoms with E-state index in [9.17, 15) is 8.42 Å². The van der Waals surface area contributed by atoms with Gasteiger partial charge in [-0.3, -0.25) is 5.43 Å². The van der Waals surface area contributed by atoms with Crippen molar-refractivity contribution in [1.29, 1.82) is 0 Å². The number of nitrogens with one attached hydrogen (secondary N) is 2. The highest BCUT2D eigenvalue weighted by atomic mass is 35.5. The van der Waals surface area contributed by atoms with Gasteiger partial charge in [-0.2, -0.15) is 9.41 Å². The second-order valence-corrected chi connectivity index (χ2v) is 9.53. The Morgan fingerprint density at radius 3 is 2.61 bits per heavy atom. The minimum absolute atomic E-state index is 0.134. The summed E-state index contributed by atoms with van der Waals surface area (Å²) in [5.74, 6) is 0. The SMILES string of the molecule is CC(/C=N\NC(=S)Nc1cc(S(=O)(=O)N2CCOCC2)ccc1Cl)=C\c1ccccc1. The van der Waals surface area contributed by atoms with Crippen LogP contribution in [0.25, 0.3) is 6.08 Å². The van der Waals surface area contributed by atoms with Crippen LogP contribution < -0.4 is 10.7 Å². The molecular formula is C21H23ClN4O3S2. The molecule has 0 aliphatic carbocycles. The molecule has 1 heterocycles. The normalized spacial score (nSPS) is 15.7. The Morgan fingerprint density at radius 1 is 1.19 bits per heavy atom. The molecule has 0 atom stereocenters. The Morgan fingerprint density at radius 2 is 1.90 bits per heavy atom. The van der Waals surface area contributed by atoms with Crippen LogP contribution in [0.3, 0.4) is 0 Å². The van der Waals surface area contributed by atoms with E-state index in [-0.39, 0.29) is 10.0 Å². The third kappa shape index (κ3) is 6.59. The number of morpholine rings is 1. The van der Waals surface area contributed by atoms with E-state index in [1.165, 1.54) is 22.5 Å². The number of thiocarbonyl (C=S) groups is 1. The summed E-state index contributed by atoms with van der Waals surface area (Å²) < 4.78 is 32.3. The van der Waals surface area contributed by atoms with Gasteiger partial charge < -0.3 is 10.1 Å². The van der Waals surface area contributed by atoms with Gasteiger partial charge >= 0.3 is 0 Å². The first-order chi connectivity index (χ1) is 14.9. The van der Waals surface area contributed by atoms with Gasteiger partial charge in [0.1, 0.15) is 0 Å². The fourth-order valence-corrected chi connectivity index (χ4v) is 4.65. The van der Waals surface area contributed by atoms with Gasteiger partial charge in [-0.15, -0.1) is 0 Å². The quantitative estimate of drug-likeness (QED) is 0.374. The number of benzene rings is 2. The van der Waals surface area contributed by atoms with Gasteiger partial charge in [0.15, 0.2) is 5.11 Å². The molecule has 1 fully saturated rings. The number of hydrogen-bond acceptors (Lipinski definition) is 5. The molecule has 0 amide bonds. The fraction of sp³-hybridized carbons (Fsp3) is 0.238. The maximum atomic E-state index is 12.9. The van der Waals surface area contributed by atoms with E-state index in [1.54, 1.807) is 6.21 Å². The van der Waals surface area contributed by atoms with Crippen molar-refractivity contribution in [2.75, 3.05) is 31.6 Å². The minimum Gasteiger partial charge on any atom is -0.379 e. The van der Waals surface area contributed by atoms with Gasteiger partial charge in [0.05, 0.1) is 35.0 Å². The van der Waals surface area contributed by atoms with E-state index in [1.807, 2.05) is 43.3 Å². The van der Waals surface area contributed by atoms with Gasteiger partial charge in [0.2, 0.25) is 10.0 Å². The summed E-state index contributed by atoms with van der Waals surface area (Å²) in [6.45, 7) is 3.31. The zero-order chi connectivity index (χ0) is 22.3. The van der Waals surface area contributed by atoms with Crippen molar-refractivity contribution in [3.05, 3.63) is 64.7 Å². The minimum atomic E-state index is -3.64. The molecule has 2 aromatic carbocycles. The van der Waals surface area contributed by atoms with Gasteiger partial charge in [0.25, 0.3) is 0 Å². The van der Waals surface area contributed by atoms with Crippen LogP contribution in [0.1, 0.15) is 12.5 Å². The molecule has 0 spiro atoms. The number of hydrogen-bond donors (Lipinski definition) is 2. The third-order valence-electron chi connectivity index (χ3n) is 4.42. The molecule has 1 saturated heterocycles. The van der Waals surface area contributed by atoms with E-state index in [2.05, 4.69) is 15.8 Å². The van der Waals surface area contributed by atoms with Crippen molar-refractivity contribution in [3.8, 4) is 0 Å². The highest BCUT2D eigenvalue weighted by Gasteiger charge is 2.26. The summed E-state index contributed by atoms with van der Waals surface area (Å²) in [6, 6.07) is 14.3. The average Bonchev–Trinajstić information content (AvgIpc) is 2.76. The number of halogens is 1. The summed E-state index contributed by atoms with van der Waals surface area (Å²) in [4.78, 5) is 0.134. The number of sulfonamides is 1. The van der Waals surface area contributed by atoms with Crippen molar-refractivity contribution >= 4 is 56.9 Å². The molecule has 0 radical (unpaired) electrons. The molecule has 2 N–H and O–H groups in total. The smallest absolute Gasteiger partial charge is 0.243 e. The van der Waals surface area contributed by atoms with Crippen LogP contribution in [0.15, 0.2) is 64.1 Å².